The zero-order chi connectivity index (χ0) is 7.07. The molecule has 1 unspecified atom stereocenters. The lowest BCUT2D eigenvalue weighted by atomic mass is 10.1. The molecule has 1 aliphatic heterocycles. The molecule has 0 aliphatic carbocycles. The lowest BCUT2D eigenvalue weighted by molar-refractivity contribution is 0.432. The van der Waals surface area contributed by atoms with Crippen LogP contribution in [-0.4, -0.2) is 20.2 Å². The highest BCUT2D eigenvalue weighted by Gasteiger charge is 2.33. The van der Waals surface area contributed by atoms with Crippen molar-refractivity contribution in [2.75, 3.05) is 5.75 Å². The molecule has 1 N–H and O–H groups in total. The highest BCUT2D eigenvalue weighted by atomic mass is 32.2. The molecular formula is C5H11NO2S. The van der Waals surface area contributed by atoms with Gasteiger partial charge in [-0.3, -0.25) is 0 Å². The van der Waals surface area contributed by atoms with Crippen LogP contribution in [0.25, 0.3) is 0 Å². The molecule has 0 radical (unpaired) electrons. The van der Waals surface area contributed by atoms with Crippen molar-refractivity contribution in [1.29, 1.82) is 0 Å². The topological polar surface area (TPSA) is 46.2 Å². The van der Waals surface area contributed by atoms with Crippen LogP contribution in [0.3, 0.4) is 0 Å². The van der Waals surface area contributed by atoms with Crippen LogP contribution in [0.15, 0.2) is 0 Å². The molecule has 3 nitrogen and oxygen atoms in total. The summed E-state index contributed by atoms with van der Waals surface area (Å²) in [5.74, 6) is 0.735. The molecule has 0 amide bonds. The quantitative estimate of drug-likeness (QED) is 0.568. The molecule has 0 saturated carbocycles. The van der Waals surface area contributed by atoms with Crippen LogP contribution in [0, 0.1) is 5.92 Å². The Kier molecular flexibility index (Phi) is 1.52. The largest absolute Gasteiger partial charge is 0.213 e. The first-order valence-corrected chi connectivity index (χ1v) is 4.66. The minimum atomic E-state index is -2.83. The summed E-state index contributed by atoms with van der Waals surface area (Å²) in [4.78, 5) is 0. The van der Waals surface area contributed by atoms with Crippen molar-refractivity contribution in [2.24, 2.45) is 5.92 Å². The molecule has 1 aliphatic rings. The van der Waals surface area contributed by atoms with Crippen LogP contribution in [0.4, 0.5) is 0 Å². The van der Waals surface area contributed by atoms with E-state index in [1.54, 1.807) is 0 Å². The van der Waals surface area contributed by atoms with Crippen LogP contribution in [-0.2, 0) is 10.0 Å². The molecule has 0 aromatic rings. The fraction of sp³-hybridized carbons (Fsp3) is 1.00. The Morgan fingerprint density at radius 3 is 2.11 bits per heavy atom. The lowest BCUT2D eigenvalue weighted by Gasteiger charge is -2.30. The molecule has 0 aromatic carbocycles. The zero-order valence-corrected chi connectivity index (χ0v) is 6.40. The maximum Gasteiger partial charge on any atom is 0.213 e. The van der Waals surface area contributed by atoms with Gasteiger partial charge in [0, 0.05) is 6.04 Å². The van der Waals surface area contributed by atoms with Crippen LogP contribution >= 0.6 is 0 Å². The van der Waals surface area contributed by atoms with E-state index in [1.807, 2.05) is 13.8 Å². The van der Waals surface area contributed by atoms with Crippen molar-refractivity contribution in [3.05, 3.63) is 0 Å². The van der Waals surface area contributed by atoms with E-state index in [1.165, 1.54) is 0 Å². The summed E-state index contributed by atoms with van der Waals surface area (Å²) in [5, 5.41) is 0. The second kappa shape index (κ2) is 1.95. The normalized spacial score (nSPS) is 32.1. The minimum absolute atomic E-state index is 0.190. The molecule has 1 saturated heterocycles. The first-order chi connectivity index (χ1) is 4.01. The Labute approximate surface area is 55.5 Å². The smallest absolute Gasteiger partial charge is 0.212 e. The van der Waals surface area contributed by atoms with Crippen LogP contribution in [0.1, 0.15) is 13.8 Å². The number of nitrogens with one attached hydrogen (secondary N) is 1. The molecular weight excluding hydrogens is 138 g/mol. The van der Waals surface area contributed by atoms with E-state index in [0.717, 1.165) is 0 Å². The monoisotopic (exact) mass is 149 g/mol. The van der Waals surface area contributed by atoms with Gasteiger partial charge in [-0.25, -0.2) is 13.1 Å². The number of hydrogen-bond donors (Lipinski definition) is 1. The Balaban J connectivity index is 2.45. The molecule has 0 spiro atoms. The molecule has 1 atom stereocenters. The molecule has 54 valence electrons. The van der Waals surface area contributed by atoms with Crippen LogP contribution in [0.2, 0.25) is 0 Å². The second-order valence-electron chi connectivity index (χ2n) is 2.75. The van der Waals surface area contributed by atoms with Crippen molar-refractivity contribution < 1.29 is 8.42 Å². The summed E-state index contributed by atoms with van der Waals surface area (Å²) in [6.45, 7) is 4.01. The molecule has 4 heteroatoms. The third-order valence-corrected chi connectivity index (χ3v) is 2.99. The molecule has 1 heterocycles. The van der Waals surface area contributed by atoms with E-state index in [0.29, 0.717) is 11.7 Å². The summed E-state index contributed by atoms with van der Waals surface area (Å²) in [5.41, 5.74) is 0. The van der Waals surface area contributed by atoms with Gasteiger partial charge >= 0.3 is 0 Å². The summed E-state index contributed by atoms with van der Waals surface area (Å²) < 4.78 is 23.5. The van der Waals surface area contributed by atoms with Gasteiger partial charge in [-0.15, -0.1) is 0 Å². The highest BCUT2D eigenvalue weighted by molar-refractivity contribution is 7.90. The summed E-state index contributed by atoms with van der Waals surface area (Å²) in [6.07, 6.45) is 0. The van der Waals surface area contributed by atoms with Crippen LogP contribution < -0.4 is 4.72 Å². The van der Waals surface area contributed by atoms with Crippen molar-refractivity contribution in [2.45, 2.75) is 19.9 Å². The molecule has 0 bridgehead atoms. The Morgan fingerprint density at radius 2 is 2.00 bits per heavy atom. The van der Waals surface area contributed by atoms with Gasteiger partial charge < -0.3 is 0 Å². The molecule has 0 aromatic heterocycles. The SMILES string of the molecule is CC(C)C1CS(=O)(=O)N1. The van der Waals surface area contributed by atoms with E-state index < -0.39 is 10.0 Å². The van der Waals surface area contributed by atoms with Gasteiger partial charge in [-0.2, -0.15) is 0 Å². The van der Waals surface area contributed by atoms with Gasteiger partial charge in [0.1, 0.15) is 0 Å². The van der Waals surface area contributed by atoms with Crippen molar-refractivity contribution in [3.8, 4) is 0 Å². The fourth-order valence-corrected chi connectivity index (χ4v) is 2.33. The highest BCUT2D eigenvalue weighted by Crippen LogP contribution is 2.13. The minimum Gasteiger partial charge on any atom is -0.212 e. The average molecular weight is 149 g/mol. The van der Waals surface area contributed by atoms with E-state index in [4.69, 9.17) is 0 Å². The maximum atomic E-state index is 10.5. The van der Waals surface area contributed by atoms with Crippen molar-refractivity contribution in [1.82, 2.24) is 4.72 Å². The van der Waals surface area contributed by atoms with Gasteiger partial charge in [-0.1, -0.05) is 13.8 Å². The van der Waals surface area contributed by atoms with Gasteiger partial charge in [0.2, 0.25) is 10.0 Å². The Morgan fingerprint density at radius 1 is 1.56 bits per heavy atom. The predicted molar refractivity (Wildman–Crippen MR) is 35.5 cm³/mol. The van der Waals surface area contributed by atoms with E-state index in [-0.39, 0.29) is 6.04 Å². The molecule has 1 rings (SSSR count). The predicted octanol–water partition coefficient (Wildman–Crippen LogP) is -0.0560. The summed E-state index contributed by atoms with van der Waals surface area (Å²) in [7, 11) is -2.83. The lowest BCUT2D eigenvalue weighted by Crippen LogP contribution is -2.55. The first kappa shape index (κ1) is 7.02. The standard InChI is InChI=1S/C5H11NO2S/c1-4(2)5-3-9(7,8)6-5/h4-6H,3H2,1-2H3. The van der Waals surface area contributed by atoms with E-state index in [2.05, 4.69) is 4.72 Å². The Bertz CT molecular complexity index is 183. The first-order valence-electron chi connectivity index (χ1n) is 3.01. The van der Waals surface area contributed by atoms with Crippen LogP contribution in [0.5, 0.6) is 0 Å². The van der Waals surface area contributed by atoms with Crippen molar-refractivity contribution in [3.63, 3.8) is 0 Å². The number of rotatable bonds is 1. The molecule has 9 heavy (non-hydrogen) atoms. The van der Waals surface area contributed by atoms with Gasteiger partial charge in [0.05, 0.1) is 5.75 Å². The van der Waals surface area contributed by atoms with E-state index in [9.17, 15) is 8.42 Å². The number of sulfonamides is 1. The summed E-state index contributed by atoms with van der Waals surface area (Å²) in [6, 6.07) is 0.190. The maximum absolute atomic E-state index is 10.5. The van der Waals surface area contributed by atoms with Gasteiger partial charge in [0.15, 0.2) is 0 Å². The zero-order valence-electron chi connectivity index (χ0n) is 5.59. The molecule has 1 fully saturated rings. The third-order valence-electron chi connectivity index (χ3n) is 1.53. The van der Waals surface area contributed by atoms with Crippen molar-refractivity contribution >= 4 is 10.0 Å². The number of hydrogen-bond acceptors (Lipinski definition) is 2. The second-order valence-corrected chi connectivity index (χ2v) is 4.55. The summed E-state index contributed by atoms with van der Waals surface area (Å²) >= 11 is 0. The van der Waals surface area contributed by atoms with Gasteiger partial charge in [0.25, 0.3) is 0 Å². The average Bonchev–Trinajstić information content (AvgIpc) is 1.59. The Hall–Kier alpha value is -0.0900. The van der Waals surface area contributed by atoms with Gasteiger partial charge in [-0.05, 0) is 5.92 Å². The third kappa shape index (κ3) is 1.43. The fourth-order valence-electron chi connectivity index (χ4n) is 0.778. The van der Waals surface area contributed by atoms with E-state index >= 15 is 0 Å².